The number of fused-ring (bicyclic) bond motifs is 2. The Balaban J connectivity index is 1.50. The molecule has 2 aliphatic heterocycles. The van der Waals surface area contributed by atoms with Crippen LogP contribution in [0.5, 0.6) is 0 Å². The Labute approximate surface area is 155 Å². The fraction of sp³-hybridized carbons (Fsp3) is 0.600. The van der Waals surface area contributed by atoms with Crippen LogP contribution in [0.2, 0.25) is 0 Å². The molecule has 1 aromatic rings. The molecule has 4 rings (SSSR count). The third kappa shape index (κ3) is 4.11. The van der Waals surface area contributed by atoms with E-state index < -0.39 is 5.60 Å². The molecule has 0 aromatic heterocycles. The third-order valence-corrected chi connectivity index (χ3v) is 5.06. The summed E-state index contributed by atoms with van der Waals surface area (Å²) in [6.45, 7) is 5.90. The molecule has 26 heavy (non-hydrogen) atoms. The molecular weight excluding hydrogens is 332 g/mol. The van der Waals surface area contributed by atoms with Crippen molar-refractivity contribution >= 4 is 12.2 Å². The van der Waals surface area contributed by atoms with Gasteiger partial charge < -0.3 is 19.3 Å². The van der Waals surface area contributed by atoms with Crippen LogP contribution in [0.3, 0.4) is 0 Å². The number of rotatable bonds is 3. The Morgan fingerprint density at radius 1 is 1.12 bits per heavy atom. The molecule has 6 heteroatoms. The number of amides is 2. The molecule has 0 spiro atoms. The minimum absolute atomic E-state index is 0.0979. The van der Waals surface area contributed by atoms with E-state index in [9.17, 15) is 9.59 Å². The van der Waals surface area contributed by atoms with Crippen molar-refractivity contribution in [1.29, 1.82) is 0 Å². The van der Waals surface area contributed by atoms with E-state index in [2.05, 4.69) is 0 Å². The number of piperidine rings is 1. The van der Waals surface area contributed by atoms with Gasteiger partial charge in [-0.1, -0.05) is 30.3 Å². The fourth-order valence-electron chi connectivity index (χ4n) is 3.74. The van der Waals surface area contributed by atoms with Gasteiger partial charge in [-0.25, -0.2) is 9.59 Å². The van der Waals surface area contributed by atoms with Crippen LogP contribution in [0.1, 0.15) is 45.6 Å². The predicted molar refractivity (Wildman–Crippen MR) is 97.7 cm³/mol. The summed E-state index contributed by atoms with van der Waals surface area (Å²) in [5.41, 5.74) is 0.482. The van der Waals surface area contributed by atoms with Crippen LogP contribution < -0.4 is 0 Å². The molecule has 1 aromatic carbocycles. The van der Waals surface area contributed by atoms with Crippen molar-refractivity contribution in [3.05, 3.63) is 35.9 Å². The summed E-state index contributed by atoms with van der Waals surface area (Å²) in [6, 6.07) is 10.0. The molecule has 1 saturated carbocycles. The van der Waals surface area contributed by atoms with Gasteiger partial charge in [0.2, 0.25) is 0 Å². The van der Waals surface area contributed by atoms with Crippen molar-refractivity contribution in [2.75, 3.05) is 7.05 Å². The zero-order valence-electron chi connectivity index (χ0n) is 16.0. The Kier molecular flexibility index (Phi) is 5.12. The number of benzene rings is 1. The smallest absolute Gasteiger partial charge is 0.410 e. The van der Waals surface area contributed by atoms with Gasteiger partial charge in [-0.05, 0) is 45.6 Å². The molecule has 1 aliphatic carbocycles. The molecule has 2 amide bonds. The summed E-state index contributed by atoms with van der Waals surface area (Å²) >= 11 is 0. The second kappa shape index (κ2) is 7.17. The minimum atomic E-state index is -0.488. The molecule has 2 bridgehead atoms. The highest BCUT2D eigenvalue weighted by Gasteiger charge is 2.50. The third-order valence-electron chi connectivity index (χ3n) is 5.06. The van der Waals surface area contributed by atoms with Gasteiger partial charge in [0.1, 0.15) is 12.2 Å². The van der Waals surface area contributed by atoms with Crippen LogP contribution in [0.25, 0.3) is 0 Å². The predicted octanol–water partition coefficient (Wildman–Crippen LogP) is 3.80. The lowest BCUT2D eigenvalue weighted by Crippen LogP contribution is -2.66. The molecule has 3 aliphatic rings. The molecule has 142 valence electrons. The number of carbonyl (C=O) groups is 2. The number of ether oxygens (including phenoxy) is 2. The summed E-state index contributed by atoms with van der Waals surface area (Å²) in [7, 11) is 1.78. The summed E-state index contributed by atoms with van der Waals surface area (Å²) < 4.78 is 10.9. The molecule has 0 N–H and O–H groups in total. The van der Waals surface area contributed by atoms with Crippen LogP contribution in [-0.4, -0.2) is 52.8 Å². The monoisotopic (exact) mass is 360 g/mol. The number of hydrogen-bond acceptors (Lipinski definition) is 4. The quantitative estimate of drug-likeness (QED) is 0.823. The van der Waals surface area contributed by atoms with Gasteiger partial charge >= 0.3 is 12.2 Å². The van der Waals surface area contributed by atoms with E-state index in [1.807, 2.05) is 56.0 Å². The van der Waals surface area contributed by atoms with Gasteiger partial charge in [-0.15, -0.1) is 0 Å². The first kappa shape index (κ1) is 18.5. The zero-order chi connectivity index (χ0) is 18.9. The molecule has 3 fully saturated rings. The van der Waals surface area contributed by atoms with E-state index in [1.165, 1.54) is 0 Å². The summed E-state index contributed by atoms with van der Waals surface area (Å²) in [6.07, 6.45) is 1.97. The van der Waals surface area contributed by atoms with Gasteiger partial charge in [0.15, 0.2) is 0 Å². The average molecular weight is 360 g/mol. The maximum Gasteiger partial charge on any atom is 0.410 e. The molecule has 6 nitrogen and oxygen atoms in total. The average Bonchev–Trinajstić information content (AvgIpc) is 2.58. The van der Waals surface area contributed by atoms with Crippen molar-refractivity contribution < 1.29 is 19.1 Å². The van der Waals surface area contributed by atoms with Gasteiger partial charge in [0.25, 0.3) is 0 Å². The largest absolute Gasteiger partial charge is 0.445 e. The lowest BCUT2D eigenvalue weighted by molar-refractivity contribution is -0.0698. The number of carbonyl (C=O) groups excluding carboxylic acids is 2. The maximum atomic E-state index is 12.3. The Morgan fingerprint density at radius 3 is 2.31 bits per heavy atom. The fourth-order valence-corrected chi connectivity index (χ4v) is 3.74. The van der Waals surface area contributed by atoms with Crippen LogP contribution >= 0.6 is 0 Å². The summed E-state index contributed by atoms with van der Waals surface area (Å²) in [4.78, 5) is 28.2. The maximum absolute atomic E-state index is 12.3. The van der Waals surface area contributed by atoms with Gasteiger partial charge in [-0.3, -0.25) is 0 Å². The lowest BCUT2D eigenvalue weighted by atomic mass is 9.77. The number of nitrogens with zero attached hydrogens (tertiary/aromatic N) is 2. The zero-order valence-corrected chi connectivity index (χ0v) is 16.0. The van der Waals surface area contributed by atoms with E-state index >= 15 is 0 Å². The van der Waals surface area contributed by atoms with Crippen LogP contribution in [-0.2, 0) is 16.1 Å². The van der Waals surface area contributed by atoms with Crippen LogP contribution in [0.15, 0.2) is 30.3 Å². The van der Waals surface area contributed by atoms with Gasteiger partial charge in [-0.2, -0.15) is 0 Å². The molecular formula is C20H28N2O4. The first-order valence-electron chi connectivity index (χ1n) is 9.19. The van der Waals surface area contributed by atoms with E-state index in [0.717, 1.165) is 24.8 Å². The first-order valence-corrected chi connectivity index (χ1v) is 9.19. The normalized spacial score (nSPS) is 24.5. The molecule has 2 heterocycles. The Morgan fingerprint density at radius 2 is 1.73 bits per heavy atom. The van der Waals surface area contributed by atoms with E-state index in [4.69, 9.17) is 9.47 Å². The molecule has 2 unspecified atom stereocenters. The topological polar surface area (TPSA) is 59.1 Å². The van der Waals surface area contributed by atoms with E-state index in [-0.39, 0.29) is 36.9 Å². The van der Waals surface area contributed by atoms with Crippen molar-refractivity contribution in [2.45, 2.75) is 70.4 Å². The lowest BCUT2D eigenvalue weighted by Gasteiger charge is -2.55. The summed E-state index contributed by atoms with van der Waals surface area (Å²) in [5, 5.41) is 0. The van der Waals surface area contributed by atoms with Gasteiger partial charge in [0.05, 0.1) is 0 Å². The van der Waals surface area contributed by atoms with E-state index in [1.54, 1.807) is 11.9 Å². The standard InChI is InChI=1S/C20H28N2O4/c1-20(2,3)26-19(24)22-16-10-15(11-17(22)12-16)21(4)18(23)25-13-14-8-6-5-7-9-14/h5-9,15-17H,10-13H2,1-4H3. The van der Waals surface area contributed by atoms with Gasteiger partial charge in [0, 0.05) is 25.2 Å². The molecule has 2 atom stereocenters. The Bertz CT molecular complexity index is 644. The highest BCUT2D eigenvalue weighted by molar-refractivity contribution is 5.71. The highest BCUT2D eigenvalue weighted by atomic mass is 16.6. The number of hydrogen-bond donors (Lipinski definition) is 0. The van der Waals surface area contributed by atoms with Crippen LogP contribution in [0.4, 0.5) is 9.59 Å². The summed E-state index contributed by atoms with van der Waals surface area (Å²) in [5.74, 6) is 0. The minimum Gasteiger partial charge on any atom is -0.445 e. The molecule has 2 saturated heterocycles. The second-order valence-electron chi connectivity index (χ2n) is 8.21. The van der Waals surface area contributed by atoms with Crippen LogP contribution in [0, 0.1) is 0 Å². The molecule has 0 radical (unpaired) electrons. The SMILES string of the molecule is CN(C(=O)OCc1ccccc1)C1CC2CC(C1)N2C(=O)OC(C)(C)C. The van der Waals surface area contributed by atoms with Crippen molar-refractivity contribution in [2.24, 2.45) is 0 Å². The van der Waals surface area contributed by atoms with Crippen molar-refractivity contribution in [3.63, 3.8) is 0 Å². The highest BCUT2D eigenvalue weighted by Crippen LogP contribution is 2.40. The van der Waals surface area contributed by atoms with Crippen molar-refractivity contribution in [1.82, 2.24) is 9.80 Å². The second-order valence-corrected chi connectivity index (χ2v) is 8.21. The van der Waals surface area contributed by atoms with Crippen molar-refractivity contribution in [3.8, 4) is 0 Å². The Hall–Kier alpha value is -2.24. The van der Waals surface area contributed by atoms with E-state index in [0.29, 0.717) is 0 Å². The first-order chi connectivity index (χ1) is 12.2.